The highest BCUT2D eigenvalue weighted by Gasteiger charge is 2.14. The third-order valence-electron chi connectivity index (χ3n) is 2.96. The van der Waals surface area contributed by atoms with E-state index in [1.165, 1.54) is 18.2 Å². The van der Waals surface area contributed by atoms with Crippen LogP contribution in [0.5, 0.6) is 0 Å². The zero-order valence-corrected chi connectivity index (χ0v) is 12.4. The summed E-state index contributed by atoms with van der Waals surface area (Å²) in [6, 6.07) is 5.93. The van der Waals surface area contributed by atoms with Gasteiger partial charge in [-0.25, -0.2) is 4.79 Å². The van der Waals surface area contributed by atoms with Crippen molar-refractivity contribution in [2.45, 2.75) is 37.6 Å². The second-order valence-electron chi connectivity index (χ2n) is 4.40. The van der Waals surface area contributed by atoms with Crippen LogP contribution in [0.25, 0.3) is 0 Å². The second-order valence-corrected chi connectivity index (χ2v) is 5.85. The van der Waals surface area contributed by atoms with Crippen LogP contribution in [0.3, 0.4) is 0 Å². The monoisotopic (exact) mass is 297 g/mol. The zero-order chi connectivity index (χ0) is 15.1. The van der Waals surface area contributed by atoms with Gasteiger partial charge in [-0.15, -0.1) is 0 Å². The average molecular weight is 297 g/mol. The number of nitrogens with one attached hydrogen (secondary N) is 1. The van der Waals surface area contributed by atoms with Gasteiger partial charge in [-0.2, -0.15) is 0 Å². The lowest BCUT2D eigenvalue weighted by Gasteiger charge is -2.14. The predicted octanol–water partition coefficient (Wildman–Crippen LogP) is 1.80. The molecule has 110 valence electrons. The van der Waals surface area contributed by atoms with Crippen LogP contribution >= 0.6 is 0 Å². The van der Waals surface area contributed by atoms with Crippen LogP contribution in [-0.4, -0.2) is 33.0 Å². The van der Waals surface area contributed by atoms with Crippen molar-refractivity contribution in [3.8, 4) is 0 Å². The lowest BCUT2D eigenvalue weighted by atomic mass is 10.2. The van der Waals surface area contributed by atoms with Gasteiger partial charge in [-0.3, -0.25) is 9.00 Å². The number of hydrogen-bond acceptors (Lipinski definition) is 3. The molecule has 0 aliphatic rings. The van der Waals surface area contributed by atoms with Gasteiger partial charge >= 0.3 is 5.97 Å². The number of amides is 1. The molecule has 0 saturated heterocycles. The van der Waals surface area contributed by atoms with E-state index in [1.807, 2.05) is 13.8 Å². The standard InChI is InChI=1S/C14H19NO4S/c1-3-11(4-2)15-13(16)9-20(19)12-7-5-6-10(8-12)14(17)18/h5-8,11H,3-4,9H2,1-2H3,(H,15,16)(H,17,18). The van der Waals surface area contributed by atoms with Gasteiger partial charge in [0.25, 0.3) is 0 Å². The molecule has 1 amide bonds. The molecule has 0 fully saturated rings. The number of carboxylic acids is 1. The van der Waals surface area contributed by atoms with Gasteiger partial charge in [-0.1, -0.05) is 19.9 Å². The van der Waals surface area contributed by atoms with Gasteiger partial charge < -0.3 is 10.4 Å². The summed E-state index contributed by atoms with van der Waals surface area (Å²) in [7, 11) is -1.54. The summed E-state index contributed by atoms with van der Waals surface area (Å²) < 4.78 is 12.0. The summed E-state index contributed by atoms with van der Waals surface area (Å²) in [5.41, 5.74) is 0.0660. The van der Waals surface area contributed by atoms with Crippen LogP contribution in [0.15, 0.2) is 29.2 Å². The Morgan fingerprint density at radius 3 is 2.50 bits per heavy atom. The van der Waals surface area contributed by atoms with Gasteiger partial charge in [0, 0.05) is 10.9 Å². The summed E-state index contributed by atoms with van der Waals surface area (Å²) in [6.07, 6.45) is 1.65. The van der Waals surface area contributed by atoms with E-state index >= 15 is 0 Å². The molecule has 1 rings (SSSR count). The number of aromatic carboxylic acids is 1. The first-order chi connectivity index (χ1) is 9.47. The number of rotatable bonds is 7. The predicted molar refractivity (Wildman–Crippen MR) is 77.2 cm³/mol. The molecule has 0 bridgehead atoms. The minimum atomic E-state index is -1.54. The molecule has 0 heterocycles. The molecule has 6 heteroatoms. The Morgan fingerprint density at radius 2 is 1.95 bits per heavy atom. The van der Waals surface area contributed by atoms with Crippen LogP contribution in [0.4, 0.5) is 0 Å². The van der Waals surface area contributed by atoms with Crippen LogP contribution < -0.4 is 5.32 Å². The van der Waals surface area contributed by atoms with Crippen molar-refractivity contribution in [3.63, 3.8) is 0 Å². The zero-order valence-electron chi connectivity index (χ0n) is 11.6. The quantitative estimate of drug-likeness (QED) is 0.804. The highest BCUT2D eigenvalue weighted by atomic mass is 32.2. The summed E-state index contributed by atoms with van der Waals surface area (Å²) in [5, 5.41) is 11.7. The molecule has 1 aromatic carbocycles. The fourth-order valence-electron chi connectivity index (χ4n) is 1.74. The molecule has 5 nitrogen and oxygen atoms in total. The molecule has 0 radical (unpaired) electrons. The van der Waals surface area contributed by atoms with E-state index in [-0.39, 0.29) is 23.3 Å². The summed E-state index contributed by atoms with van der Waals surface area (Å²) in [5.74, 6) is -1.51. The summed E-state index contributed by atoms with van der Waals surface area (Å²) >= 11 is 0. The van der Waals surface area contributed by atoms with E-state index in [2.05, 4.69) is 5.32 Å². The van der Waals surface area contributed by atoms with Crippen molar-refractivity contribution in [3.05, 3.63) is 29.8 Å². The molecule has 20 heavy (non-hydrogen) atoms. The Balaban J connectivity index is 2.69. The lowest BCUT2D eigenvalue weighted by Crippen LogP contribution is -2.36. The van der Waals surface area contributed by atoms with E-state index in [0.717, 1.165) is 12.8 Å². The van der Waals surface area contributed by atoms with Crippen LogP contribution in [-0.2, 0) is 15.6 Å². The van der Waals surface area contributed by atoms with Crippen LogP contribution in [0.1, 0.15) is 37.0 Å². The van der Waals surface area contributed by atoms with Crippen LogP contribution in [0, 0.1) is 0 Å². The fraction of sp³-hybridized carbons (Fsp3) is 0.429. The van der Waals surface area contributed by atoms with E-state index in [0.29, 0.717) is 4.90 Å². The first-order valence-corrected chi connectivity index (χ1v) is 7.80. The fourth-order valence-corrected chi connectivity index (χ4v) is 2.71. The molecular formula is C14H19NO4S. The van der Waals surface area contributed by atoms with E-state index in [9.17, 15) is 13.8 Å². The SMILES string of the molecule is CCC(CC)NC(=O)CS(=O)c1cccc(C(=O)O)c1. The molecule has 0 aliphatic heterocycles. The summed E-state index contributed by atoms with van der Waals surface area (Å²) in [6.45, 7) is 3.95. The highest BCUT2D eigenvalue weighted by Crippen LogP contribution is 2.10. The number of carboxylic acid groups (broad SMARTS) is 1. The van der Waals surface area contributed by atoms with E-state index < -0.39 is 16.8 Å². The number of hydrogen-bond donors (Lipinski definition) is 2. The van der Waals surface area contributed by atoms with E-state index in [1.54, 1.807) is 6.07 Å². The first kappa shape index (κ1) is 16.4. The van der Waals surface area contributed by atoms with Crippen LogP contribution in [0.2, 0.25) is 0 Å². The van der Waals surface area contributed by atoms with Crippen molar-refractivity contribution >= 4 is 22.7 Å². The normalized spacial score (nSPS) is 12.2. The maximum atomic E-state index is 12.0. The Labute approximate surface area is 120 Å². The third kappa shape index (κ3) is 4.77. The third-order valence-corrected chi connectivity index (χ3v) is 4.26. The Morgan fingerprint density at radius 1 is 1.30 bits per heavy atom. The molecule has 0 aliphatic carbocycles. The van der Waals surface area contributed by atoms with Crippen molar-refractivity contribution in [1.29, 1.82) is 0 Å². The molecule has 1 aromatic rings. The largest absolute Gasteiger partial charge is 0.478 e. The second kappa shape index (κ2) is 7.79. The maximum Gasteiger partial charge on any atom is 0.335 e. The highest BCUT2D eigenvalue weighted by molar-refractivity contribution is 7.85. The Bertz CT molecular complexity index is 512. The number of carbonyl (C=O) groups excluding carboxylic acids is 1. The van der Waals surface area contributed by atoms with Gasteiger partial charge in [0.15, 0.2) is 0 Å². The lowest BCUT2D eigenvalue weighted by molar-refractivity contribution is -0.119. The molecule has 0 saturated carbocycles. The Hall–Kier alpha value is -1.69. The van der Waals surface area contributed by atoms with Gasteiger partial charge in [0.2, 0.25) is 5.91 Å². The van der Waals surface area contributed by atoms with Crippen molar-refractivity contribution < 1.29 is 18.9 Å². The van der Waals surface area contributed by atoms with Crippen molar-refractivity contribution in [1.82, 2.24) is 5.32 Å². The van der Waals surface area contributed by atoms with Gasteiger partial charge in [0.05, 0.1) is 16.4 Å². The maximum absolute atomic E-state index is 12.0. The van der Waals surface area contributed by atoms with Gasteiger partial charge in [0.1, 0.15) is 5.75 Å². The smallest absolute Gasteiger partial charge is 0.335 e. The van der Waals surface area contributed by atoms with Gasteiger partial charge in [-0.05, 0) is 31.0 Å². The summed E-state index contributed by atoms with van der Waals surface area (Å²) in [4.78, 5) is 22.9. The van der Waals surface area contributed by atoms with Crippen molar-refractivity contribution in [2.75, 3.05) is 5.75 Å². The molecule has 0 aromatic heterocycles. The number of carbonyl (C=O) groups is 2. The molecule has 2 N–H and O–H groups in total. The topological polar surface area (TPSA) is 83.5 Å². The van der Waals surface area contributed by atoms with Crippen molar-refractivity contribution in [2.24, 2.45) is 0 Å². The minimum absolute atomic E-state index is 0.0660. The Kier molecular flexibility index (Phi) is 6.38. The first-order valence-electron chi connectivity index (χ1n) is 6.49. The molecule has 1 atom stereocenters. The average Bonchev–Trinajstić information content (AvgIpc) is 2.44. The number of benzene rings is 1. The minimum Gasteiger partial charge on any atom is -0.478 e. The molecule has 0 spiro atoms. The molecule has 1 unspecified atom stereocenters. The van der Waals surface area contributed by atoms with E-state index in [4.69, 9.17) is 5.11 Å². The molecular weight excluding hydrogens is 278 g/mol.